The first-order chi connectivity index (χ1) is 15.3. The van der Waals surface area contributed by atoms with E-state index in [1.54, 1.807) is 0 Å². The Labute approximate surface area is 191 Å². The summed E-state index contributed by atoms with van der Waals surface area (Å²) >= 11 is 0. The van der Waals surface area contributed by atoms with Crippen LogP contribution in [0.1, 0.15) is 49.3 Å². The Balaban J connectivity index is 2.04. The Morgan fingerprint density at radius 2 is 0.844 bits per heavy atom. The van der Waals surface area contributed by atoms with Crippen LogP contribution >= 0.6 is 0 Å². The third kappa shape index (κ3) is 3.69. The molecule has 0 amide bonds. The van der Waals surface area contributed by atoms with Crippen LogP contribution in [0.15, 0.2) is 72.8 Å². The first-order valence-electron chi connectivity index (χ1n) is 11.2. The van der Waals surface area contributed by atoms with Gasteiger partial charge in [-0.1, -0.05) is 60.7 Å². The molecule has 1 heteroatoms. The maximum Gasteiger partial charge on any atom is 0.194 e. The molecule has 0 unspecified atom stereocenters. The number of hydrogen-bond donors (Lipinski definition) is 0. The van der Waals surface area contributed by atoms with Crippen LogP contribution in [0.4, 0.5) is 0 Å². The van der Waals surface area contributed by atoms with Crippen LogP contribution in [0, 0.1) is 41.5 Å². The van der Waals surface area contributed by atoms with E-state index >= 15 is 0 Å². The molecule has 0 aliphatic rings. The van der Waals surface area contributed by atoms with Gasteiger partial charge in [-0.05, 0) is 109 Å². The smallest absolute Gasteiger partial charge is 0.194 e. The van der Waals surface area contributed by atoms with Gasteiger partial charge in [0.1, 0.15) is 0 Å². The lowest BCUT2D eigenvalue weighted by atomic mass is 9.82. The van der Waals surface area contributed by atoms with Crippen molar-refractivity contribution < 1.29 is 4.79 Å². The van der Waals surface area contributed by atoms with E-state index < -0.39 is 0 Å². The lowest BCUT2D eigenvalue weighted by Crippen LogP contribution is -2.10. The highest BCUT2D eigenvalue weighted by Gasteiger charge is 2.24. The summed E-state index contributed by atoms with van der Waals surface area (Å²) < 4.78 is 0. The zero-order valence-corrected chi connectivity index (χ0v) is 19.8. The third-order valence-corrected chi connectivity index (χ3v) is 6.93. The Hall–Kier alpha value is -3.45. The maximum atomic E-state index is 14.3. The Morgan fingerprint density at radius 1 is 0.500 bits per heavy atom. The second-order valence-electron chi connectivity index (χ2n) is 8.79. The van der Waals surface area contributed by atoms with Crippen molar-refractivity contribution in [1.29, 1.82) is 0 Å². The summed E-state index contributed by atoms with van der Waals surface area (Å²) in [7, 11) is 0. The van der Waals surface area contributed by atoms with E-state index in [1.165, 1.54) is 22.3 Å². The second-order valence-corrected chi connectivity index (χ2v) is 8.79. The summed E-state index contributed by atoms with van der Waals surface area (Å²) in [6, 6.07) is 24.7. The number of ketones is 1. The molecule has 4 aromatic carbocycles. The molecule has 0 saturated heterocycles. The molecule has 0 radical (unpaired) electrons. The van der Waals surface area contributed by atoms with E-state index in [0.29, 0.717) is 0 Å². The van der Waals surface area contributed by atoms with Crippen LogP contribution in [0.2, 0.25) is 0 Å². The summed E-state index contributed by atoms with van der Waals surface area (Å²) in [5, 5.41) is 0. The largest absolute Gasteiger partial charge is 0.289 e. The van der Waals surface area contributed by atoms with Gasteiger partial charge in [-0.25, -0.2) is 0 Å². The third-order valence-electron chi connectivity index (χ3n) is 6.93. The van der Waals surface area contributed by atoms with Crippen molar-refractivity contribution >= 4 is 5.78 Å². The van der Waals surface area contributed by atoms with Gasteiger partial charge in [0.25, 0.3) is 0 Å². The number of hydrogen-bond acceptors (Lipinski definition) is 1. The summed E-state index contributed by atoms with van der Waals surface area (Å²) in [6.07, 6.45) is 0. The van der Waals surface area contributed by atoms with Crippen LogP contribution in [-0.2, 0) is 0 Å². The quantitative estimate of drug-likeness (QED) is 0.306. The highest BCUT2D eigenvalue weighted by Crippen LogP contribution is 2.37. The average molecular weight is 419 g/mol. The molecule has 0 heterocycles. The van der Waals surface area contributed by atoms with E-state index in [9.17, 15) is 4.79 Å². The molecule has 0 N–H and O–H groups in total. The predicted molar refractivity (Wildman–Crippen MR) is 136 cm³/mol. The van der Waals surface area contributed by atoms with Crippen LogP contribution in [0.5, 0.6) is 0 Å². The van der Waals surface area contributed by atoms with Crippen molar-refractivity contribution in [3.63, 3.8) is 0 Å². The van der Waals surface area contributed by atoms with E-state index in [-0.39, 0.29) is 5.78 Å². The average Bonchev–Trinajstić information content (AvgIpc) is 2.81. The fraction of sp³-hybridized carbons (Fsp3) is 0.194. The molecule has 0 atom stereocenters. The van der Waals surface area contributed by atoms with Gasteiger partial charge in [0.15, 0.2) is 5.78 Å². The molecular weight excluding hydrogens is 388 g/mol. The van der Waals surface area contributed by atoms with E-state index in [2.05, 4.69) is 77.9 Å². The van der Waals surface area contributed by atoms with Gasteiger partial charge in [0.2, 0.25) is 0 Å². The zero-order chi connectivity index (χ0) is 23.0. The van der Waals surface area contributed by atoms with Crippen molar-refractivity contribution in [2.75, 3.05) is 0 Å². The molecule has 0 aliphatic carbocycles. The Bertz CT molecular complexity index is 1210. The molecule has 0 aliphatic heterocycles. The summed E-state index contributed by atoms with van der Waals surface area (Å²) in [5.41, 5.74) is 12.9. The molecule has 160 valence electrons. The molecule has 4 aromatic rings. The topological polar surface area (TPSA) is 17.1 Å². The van der Waals surface area contributed by atoms with Crippen LogP contribution in [0.3, 0.4) is 0 Å². The molecule has 0 aromatic heterocycles. The number of rotatable bonds is 4. The van der Waals surface area contributed by atoms with Gasteiger partial charge in [0.05, 0.1) is 0 Å². The molecule has 0 saturated carbocycles. The van der Waals surface area contributed by atoms with Crippen molar-refractivity contribution in [1.82, 2.24) is 0 Å². The standard InChI is InChI=1S/C31H30O/c1-19-17-27(29(23(5)21(19)3)25-13-9-7-10-14-25)31(32)28-18-20(2)22(4)24(6)30(28)26-15-11-8-12-16-26/h7-18H,1-6H3. The molecule has 32 heavy (non-hydrogen) atoms. The van der Waals surface area contributed by atoms with Crippen molar-refractivity contribution in [3.05, 3.63) is 117 Å². The van der Waals surface area contributed by atoms with Crippen LogP contribution in [-0.4, -0.2) is 5.78 Å². The molecular formula is C31H30O. The Morgan fingerprint density at radius 3 is 1.19 bits per heavy atom. The van der Waals surface area contributed by atoms with Gasteiger partial charge < -0.3 is 0 Å². The van der Waals surface area contributed by atoms with Gasteiger partial charge >= 0.3 is 0 Å². The molecule has 1 nitrogen and oxygen atoms in total. The fourth-order valence-electron chi connectivity index (χ4n) is 4.62. The predicted octanol–water partition coefficient (Wildman–Crippen LogP) is 8.10. The summed E-state index contributed by atoms with van der Waals surface area (Å²) in [4.78, 5) is 14.3. The van der Waals surface area contributed by atoms with Crippen molar-refractivity contribution in [2.24, 2.45) is 0 Å². The minimum atomic E-state index is 0.0834. The highest BCUT2D eigenvalue weighted by molar-refractivity contribution is 6.17. The monoisotopic (exact) mass is 418 g/mol. The minimum absolute atomic E-state index is 0.0834. The van der Waals surface area contributed by atoms with Gasteiger partial charge in [-0.2, -0.15) is 0 Å². The molecule has 0 spiro atoms. The zero-order valence-electron chi connectivity index (χ0n) is 19.8. The minimum Gasteiger partial charge on any atom is -0.289 e. The normalized spacial score (nSPS) is 10.9. The Kier molecular flexibility index (Phi) is 5.84. The number of benzene rings is 4. The first kappa shape index (κ1) is 21.8. The van der Waals surface area contributed by atoms with Gasteiger partial charge in [0, 0.05) is 11.1 Å². The second kappa shape index (κ2) is 8.59. The maximum absolute atomic E-state index is 14.3. The summed E-state index contributed by atoms with van der Waals surface area (Å²) in [6.45, 7) is 12.7. The van der Waals surface area contributed by atoms with E-state index in [4.69, 9.17) is 0 Å². The fourth-order valence-corrected chi connectivity index (χ4v) is 4.62. The summed E-state index contributed by atoms with van der Waals surface area (Å²) in [5.74, 6) is 0.0834. The SMILES string of the molecule is Cc1cc(C(=O)c2cc(C)c(C)c(C)c2-c2ccccc2)c(-c2ccccc2)c(C)c1C. The first-order valence-corrected chi connectivity index (χ1v) is 11.2. The number of carbonyl (C=O) groups excluding carboxylic acids is 1. The van der Waals surface area contributed by atoms with Gasteiger partial charge in [-0.3, -0.25) is 4.79 Å². The lowest BCUT2D eigenvalue weighted by Gasteiger charge is -2.20. The number of carbonyl (C=O) groups is 1. The van der Waals surface area contributed by atoms with E-state index in [1.807, 2.05) is 36.4 Å². The van der Waals surface area contributed by atoms with Crippen LogP contribution in [0.25, 0.3) is 22.3 Å². The van der Waals surface area contributed by atoms with Crippen molar-refractivity contribution in [3.8, 4) is 22.3 Å². The number of aryl methyl sites for hydroxylation is 2. The molecule has 0 bridgehead atoms. The van der Waals surface area contributed by atoms with Crippen molar-refractivity contribution in [2.45, 2.75) is 41.5 Å². The highest BCUT2D eigenvalue weighted by atomic mass is 16.1. The molecule has 4 rings (SSSR count). The van der Waals surface area contributed by atoms with E-state index in [0.717, 1.165) is 44.5 Å². The van der Waals surface area contributed by atoms with Crippen LogP contribution < -0.4 is 0 Å². The molecule has 0 fully saturated rings. The lowest BCUT2D eigenvalue weighted by molar-refractivity contribution is 0.103. The van der Waals surface area contributed by atoms with Gasteiger partial charge in [-0.15, -0.1) is 0 Å².